The number of hydrogen-bond donors (Lipinski definition) is 2. The van der Waals surface area contributed by atoms with Crippen molar-refractivity contribution in [2.75, 3.05) is 0 Å². The quantitative estimate of drug-likeness (QED) is 0.630. The summed E-state index contributed by atoms with van der Waals surface area (Å²) < 4.78 is 0. The van der Waals surface area contributed by atoms with Gasteiger partial charge < -0.3 is 5.32 Å². The SMILES string of the molecule is CCCCC(CCC)NC(=O)C(S)C(C)C. The van der Waals surface area contributed by atoms with E-state index in [1.165, 1.54) is 12.8 Å². The van der Waals surface area contributed by atoms with Crippen molar-refractivity contribution in [1.29, 1.82) is 0 Å². The molecular formula is C13H27NOS. The minimum Gasteiger partial charge on any atom is -0.352 e. The minimum atomic E-state index is -0.180. The molecule has 0 heterocycles. The van der Waals surface area contributed by atoms with Crippen LogP contribution in [0.4, 0.5) is 0 Å². The topological polar surface area (TPSA) is 29.1 Å². The van der Waals surface area contributed by atoms with E-state index in [1.54, 1.807) is 0 Å². The molecule has 0 bridgehead atoms. The van der Waals surface area contributed by atoms with Crippen molar-refractivity contribution in [3.63, 3.8) is 0 Å². The highest BCUT2D eigenvalue weighted by atomic mass is 32.1. The Morgan fingerprint density at radius 3 is 2.25 bits per heavy atom. The third-order valence-electron chi connectivity index (χ3n) is 2.79. The van der Waals surface area contributed by atoms with Gasteiger partial charge in [0, 0.05) is 6.04 Å². The average Bonchev–Trinajstić information content (AvgIpc) is 2.24. The average molecular weight is 245 g/mol. The zero-order valence-corrected chi connectivity index (χ0v) is 12.0. The predicted molar refractivity (Wildman–Crippen MR) is 74.0 cm³/mol. The second-order valence-corrected chi connectivity index (χ2v) is 5.38. The first-order valence-corrected chi connectivity index (χ1v) is 7.02. The Labute approximate surface area is 106 Å². The van der Waals surface area contributed by atoms with Crippen LogP contribution in [0.3, 0.4) is 0 Å². The standard InChI is InChI=1S/C13H27NOS/c1-5-7-9-11(8-6-2)14-13(15)12(16)10(3)4/h10-12,16H,5-9H2,1-4H3,(H,14,15). The largest absolute Gasteiger partial charge is 0.352 e. The monoisotopic (exact) mass is 245 g/mol. The molecule has 0 fully saturated rings. The number of unbranched alkanes of at least 4 members (excludes halogenated alkanes) is 1. The van der Waals surface area contributed by atoms with Crippen molar-refractivity contribution in [2.24, 2.45) is 5.92 Å². The summed E-state index contributed by atoms with van der Waals surface area (Å²) in [4.78, 5) is 11.8. The highest BCUT2D eigenvalue weighted by Crippen LogP contribution is 2.12. The Morgan fingerprint density at radius 1 is 1.19 bits per heavy atom. The van der Waals surface area contributed by atoms with E-state index in [0.29, 0.717) is 6.04 Å². The molecule has 16 heavy (non-hydrogen) atoms. The smallest absolute Gasteiger partial charge is 0.233 e. The summed E-state index contributed by atoms with van der Waals surface area (Å²) in [5.41, 5.74) is 0. The lowest BCUT2D eigenvalue weighted by atomic mass is 10.0. The van der Waals surface area contributed by atoms with Gasteiger partial charge in [-0.1, -0.05) is 47.0 Å². The van der Waals surface area contributed by atoms with Crippen LogP contribution in [0.2, 0.25) is 0 Å². The number of amides is 1. The number of nitrogens with one attached hydrogen (secondary N) is 1. The highest BCUT2D eigenvalue weighted by Gasteiger charge is 2.20. The Balaban J connectivity index is 4.11. The molecule has 0 aromatic rings. The third kappa shape index (κ3) is 6.41. The van der Waals surface area contributed by atoms with Gasteiger partial charge in [-0.05, 0) is 18.8 Å². The molecule has 0 spiro atoms. The number of carbonyl (C=O) groups is 1. The van der Waals surface area contributed by atoms with Crippen LogP contribution in [0.15, 0.2) is 0 Å². The van der Waals surface area contributed by atoms with Gasteiger partial charge in [0.2, 0.25) is 5.91 Å². The summed E-state index contributed by atoms with van der Waals surface area (Å²) in [6.45, 7) is 8.39. The van der Waals surface area contributed by atoms with E-state index in [1.807, 2.05) is 13.8 Å². The number of thiol groups is 1. The van der Waals surface area contributed by atoms with Gasteiger partial charge in [0.25, 0.3) is 0 Å². The van der Waals surface area contributed by atoms with E-state index in [-0.39, 0.29) is 17.1 Å². The van der Waals surface area contributed by atoms with Gasteiger partial charge >= 0.3 is 0 Å². The molecule has 2 nitrogen and oxygen atoms in total. The number of carbonyl (C=O) groups excluding carboxylic acids is 1. The third-order valence-corrected chi connectivity index (χ3v) is 3.62. The normalized spacial score (nSPS) is 14.9. The Bertz CT molecular complexity index is 194. The molecule has 2 unspecified atom stereocenters. The fraction of sp³-hybridized carbons (Fsp3) is 0.923. The van der Waals surface area contributed by atoms with Crippen LogP contribution in [0.5, 0.6) is 0 Å². The maximum absolute atomic E-state index is 11.8. The van der Waals surface area contributed by atoms with E-state index in [2.05, 4.69) is 31.8 Å². The first kappa shape index (κ1) is 15.8. The van der Waals surface area contributed by atoms with Gasteiger partial charge in [-0.2, -0.15) is 12.6 Å². The van der Waals surface area contributed by atoms with E-state index in [0.717, 1.165) is 19.3 Å². The molecule has 0 saturated heterocycles. The van der Waals surface area contributed by atoms with Crippen molar-refractivity contribution < 1.29 is 4.79 Å². The molecule has 0 saturated carbocycles. The Morgan fingerprint density at radius 2 is 1.81 bits per heavy atom. The molecule has 3 heteroatoms. The zero-order chi connectivity index (χ0) is 12.6. The summed E-state index contributed by atoms with van der Waals surface area (Å²) in [6, 6.07) is 0.339. The predicted octanol–water partition coefficient (Wildman–Crippen LogP) is 3.42. The van der Waals surface area contributed by atoms with Crippen molar-refractivity contribution in [3.05, 3.63) is 0 Å². The molecule has 0 aliphatic rings. The van der Waals surface area contributed by atoms with E-state index < -0.39 is 0 Å². The lowest BCUT2D eigenvalue weighted by Gasteiger charge is -2.21. The molecule has 0 aliphatic heterocycles. The number of hydrogen-bond acceptors (Lipinski definition) is 2. The molecule has 1 amide bonds. The lowest BCUT2D eigenvalue weighted by Crippen LogP contribution is -2.41. The fourth-order valence-electron chi connectivity index (χ4n) is 1.68. The van der Waals surface area contributed by atoms with Crippen LogP contribution >= 0.6 is 12.6 Å². The van der Waals surface area contributed by atoms with E-state index in [4.69, 9.17) is 0 Å². The Hall–Kier alpha value is -0.180. The second kappa shape index (κ2) is 8.91. The van der Waals surface area contributed by atoms with Crippen molar-refractivity contribution in [1.82, 2.24) is 5.32 Å². The van der Waals surface area contributed by atoms with Crippen molar-refractivity contribution in [3.8, 4) is 0 Å². The molecule has 0 aliphatic carbocycles. The molecule has 0 rings (SSSR count). The molecule has 1 N–H and O–H groups in total. The fourth-order valence-corrected chi connectivity index (χ4v) is 1.75. The van der Waals surface area contributed by atoms with Gasteiger partial charge in [0.15, 0.2) is 0 Å². The van der Waals surface area contributed by atoms with Gasteiger partial charge in [-0.15, -0.1) is 0 Å². The van der Waals surface area contributed by atoms with Gasteiger partial charge in [-0.3, -0.25) is 4.79 Å². The van der Waals surface area contributed by atoms with Crippen LogP contribution in [0, 0.1) is 5.92 Å². The Kier molecular flexibility index (Phi) is 8.81. The maximum Gasteiger partial charge on any atom is 0.233 e. The van der Waals surface area contributed by atoms with Crippen LogP contribution in [0.1, 0.15) is 59.8 Å². The minimum absolute atomic E-state index is 0.0906. The molecule has 96 valence electrons. The van der Waals surface area contributed by atoms with E-state index >= 15 is 0 Å². The maximum atomic E-state index is 11.8. The van der Waals surface area contributed by atoms with Crippen molar-refractivity contribution >= 4 is 18.5 Å². The summed E-state index contributed by atoms with van der Waals surface area (Å²) in [5, 5.41) is 2.94. The molecule has 0 aromatic heterocycles. The van der Waals surface area contributed by atoms with E-state index in [9.17, 15) is 4.79 Å². The highest BCUT2D eigenvalue weighted by molar-refractivity contribution is 7.81. The summed E-state index contributed by atoms with van der Waals surface area (Å²) in [6.07, 6.45) is 5.65. The first-order chi connectivity index (χ1) is 7.52. The second-order valence-electron chi connectivity index (χ2n) is 4.83. The van der Waals surface area contributed by atoms with Crippen molar-refractivity contribution in [2.45, 2.75) is 71.1 Å². The summed E-state index contributed by atoms with van der Waals surface area (Å²) in [5.74, 6) is 0.379. The van der Waals surface area contributed by atoms with Crippen LogP contribution in [0.25, 0.3) is 0 Å². The molecule has 0 radical (unpaired) electrons. The van der Waals surface area contributed by atoms with Gasteiger partial charge in [0.05, 0.1) is 5.25 Å². The summed E-state index contributed by atoms with van der Waals surface area (Å²) in [7, 11) is 0. The van der Waals surface area contributed by atoms with Crippen LogP contribution < -0.4 is 5.32 Å². The molecule has 0 aromatic carbocycles. The van der Waals surface area contributed by atoms with Crippen LogP contribution in [-0.2, 0) is 4.79 Å². The van der Waals surface area contributed by atoms with Gasteiger partial charge in [-0.25, -0.2) is 0 Å². The zero-order valence-electron chi connectivity index (χ0n) is 11.1. The first-order valence-electron chi connectivity index (χ1n) is 6.51. The van der Waals surface area contributed by atoms with Crippen LogP contribution in [-0.4, -0.2) is 17.2 Å². The van der Waals surface area contributed by atoms with Gasteiger partial charge in [0.1, 0.15) is 0 Å². The lowest BCUT2D eigenvalue weighted by molar-refractivity contribution is -0.122. The summed E-state index contributed by atoms with van der Waals surface area (Å²) >= 11 is 4.34. The molecular weight excluding hydrogens is 218 g/mol. The molecule has 2 atom stereocenters. The number of rotatable bonds is 8.